The summed E-state index contributed by atoms with van der Waals surface area (Å²) < 4.78 is 11.6. The molecule has 3 aromatic rings. The van der Waals surface area contributed by atoms with E-state index in [4.69, 9.17) is 9.26 Å². The molecule has 1 aromatic heterocycles. The van der Waals surface area contributed by atoms with Crippen molar-refractivity contribution in [2.75, 3.05) is 42.7 Å². The molecule has 4 N–H and O–H groups in total. The number of carbonyl (C=O) groups is 3. The number of benzene rings is 2. The second-order valence-corrected chi connectivity index (χ2v) is 10.3. The molecule has 4 rings (SSSR count). The van der Waals surface area contributed by atoms with Gasteiger partial charge in [0.1, 0.15) is 17.5 Å². The number of likely N-dealkylation sites (N-methyl/N-ethyl adjacent to an activating group) is 1. The minimum absolute atomic E-state index is 0.163. The molecule has 3 atom stereocenters. The number of anilines is 3. The lowest BCUT2D eigenvalue weighted by Gasteiger charge is -2.38. The fourth-order valence-corrected chi connectivity index (χ4v) is 4.58. The van der Waals surface area contributed by atoms with Gasteiger partial charge in [-0.05, 0) is 45.0 Å². The Morgan fingerprint density at radius 2 is 1.85 bits per heavy atom. The topological polar surface area (TPSA) is 149 Å². The highest BCUT2D eigenvalue weighted by molar-refractivity contribution is 6.04. The Kier molecular flexibility index (Phi) is 9.13. The first kappa shape index (κ1) is 29.4. The van der Waals surface area contributed by atoms with Crippen molar-refractivity contribution in [3.63, 3.8) is 0 Å². The fraction of sp³-hybridized carbons (Fsp3) is 0.379. The van der Waals surface area contributed by atoms with Gasteiger partial charge < -0.3 is 40.1 Å². The predicted molar refractivity (Wildman–Crippen MR) is 154 cm³/mol. The Labute approximate surface area is 238 Å². The van der Waals surface area contributed by atoms with E-state index < -0.39 is 18.2 Å². The third-order valence-electron chi connectivity index (χ3n) is 7.04. The lowest BCUT2D eigenvalue weighted by atomic mass is 9.99. The maximum atomic E-state index is 13.7. The first-order valence-electron chi connectivity index (χ1n) is 13.4. The molecule has 0 spiro atoms. The van der Waals surface area contributed by atoms with Gasteiger partial charge in [-0.15, -0.1) is 0 Å². The SMILES string of the molecule is Cc1noc(C)c1NC(=O)N(C)C[C@H]1Oc2c(NC(=O)Nc3ccccc3)cccc2C(=O)N([C@H](C)CO)C[C@@H]1C. The fourth-order valence-electron chi connectivity index (χ4n) is 4.58. The summed E-state index contributed by atoms with van der Waals surface area (Å²) in [6.07, 6.45) is -0.573. The summed E-state index contributed by atoms with van der Waals surface area (Å²) in [5.41, 5.74) is 2.19. The zero-order valence-corrected chi connectivity index (χ0v) is 23.8. The van der Waals surface area contributed by atoms with E-state index in [1.54, 1.807) is 75.2 Å². The van der Waals surface area contributed by atoms with Gasteiger partial charge in [0.05, 0.1) is 30.4 Å². The summed E-state index contributed by atoms with van der Waals surface area (Å²) in [4.78, 5) is 42.7. The summed E-state index contributed by atoms with van der Waals surface area (Å²) >= 11 is 0. The van der Waals surface area contributed by atoms with Crippen molar-refractivity contribution in [1.29, 1.82) is 0 Å². The maximum Gasteiger partial charge on any atom is 0.323 e. The largest absolute Gasteiger partial charge is 0.485 e. The van der Waals surface area contributed by atoms with Crippen LogP contribution in [0.4, 0.5) is 26.7 Å². The Morgan fingerprint density at radius 3 is 2.51 bits per heavy atom. The van der Waals surface area contributed by atoms with Crippen LogP contribution in [0, 0.1) is 19.8 Å². The van der Waals surface area contributed by atoms with Crippen LogP contribution >= 0.6 is 0 Å². The molecule has 0 radical (unpaired) electrons. The number of nitrogens with zero attached hydrogens (tertiary/aromatic N) is 3. The van der Waals surface area contributed by atoms with Crippen molar-refractivity contribution in [3.8, 4) is 5.75 Å². The van der Waals surface area contributed by atoms with Crippen LogP contribution < -0.4 is 20.7 Å². The maximum absolute atomic E-state index is 13.7. The van der Waals surface area contributed by atoms with Gasteiger partial charge >= 0.3 is 12.1 Å². The van der Waals surface area contributed by atoms with Crippen molar-refractivity contribution in [3.05, 3.63) is 65.5 Å². The van der Waals surface area contributed by atoms with E-state index in [9.17, 15) is 19.5 Å². The normalized spacial score (nSPS) is 17.4. The van der Waals surface area contributed by atoms with Gasteiger partial charge in [0.15, 0.2) is 11.5 Å². The number of hydrogen-bond acceptors (Lipinski definition) is 7. The number of aliphatic hydroxyl groups is 1. The highest BCUT2D eigenvalue weighted by atomic mass is 16.5. The zero-order valence-electron chi connectivity index (χ0n) is 23.8. The number of rotatable bonds is 7. The third kappa shape index (κ3) is 6.77. The third-order valence-corrected chi connectivity index (χ3v) is 7.04. The van der Waals surface area contributed by atoms with Gasteiger partial charge in [0.2, 0.25) is 0 Å². The summed E-state index contributed by atoms with van der Waals surface area (Å²) in [7, 11) is 1.64. The highest BCUT2D eigenvalue weighted by Crippen LogP contribution is 2.35. The summed E-state index contributed by atoms with van der Waals surface area (Å²) in [6.45, 7) is 7.35. The molecule has 0 aliphatic carbocycles. The molecule has 41 heavy (non-hydrogen) atoms. The average molecular weight is 565 g/mol. The minimum atomic E-state index is -0.573. The van der Waals surface area contributed by atoms with Crippen molar-refractivity contribution >= 4 is 35.0 Å². The number of aliphatic hydroxyl groups excluding tert-OH is 1. The second kappa shape index (κ2) is 12.7. The van der Waals surface area contributed by atoms with Crippen LogP contribution in [0.15, 0.2) is 53.1 Å². The Bertz CT molecular complexity index is 1370. The number of aromatic nitrogens is 1. The standard InChI is InChI=1S/C29H36N6O6/c1-17-14-35(18(2)16-36)27(37)22-12-9-13-23(31-28(38)30-21-10-7-6-8-11-21)26(22)40-24(17)15-34(5)29(39)32-25-19(3)33-41-20(25)4/h6-13,17-18,24,36H,14-16H2,1-5H3,(H,32,39)(H2,30,31,38)/t17-,18+,24+/m0/s1. The lowest BCUT2D eigenvalue weighted by molar-refractivity contribution is 0.0373. The Hall–Kier alpha value is -4.58. The zero-order chi connectivity index (χ0) is 29.7. The molecule has 12 nitrogen and oxygen atoms in total. The van der Waals surface area contributed by atoms with E-state index >= 15 is 0 Å². The van der Waals surface area contributed by atoms with Crippen LogP contribution in [-0.2, 0) is 0 Å². The Morgan fingerprint density at radius 1 is 1.12 bits per heavy atom. The minimum Gasteiger partial charge on any atom is -0.485 e. The number of carbonyl (C=O) groups excluding carboxylic acids is 3. The van der Waals surface area contributed by atoms with E-state index in [-0.39, 0.29) is 48.9 Å². The molecular formula is C29H36N6O6. The van der Waals surface area contributed by atoms with Crippen LogP contribution in [0.2, 0.25) is 0 Å². The van der Waals surface area contributed by atoms with Gasteiger partial charge in [-0.25, -0.2) is 9.59 Å². The predicted octanol–water partition coefficient (Wildman–Crippen LogP) is 4.32. The van der Waals surface area contributed by atoms with E-state index in [0.29, 0.717) is 28.5 Å². The molecule has 218 valence electrons. The molecule has 2 aromatic carbocycles. The lowest BCUT2D eigenvalue weighted by Crippen LogP contribution is -2.50. The first-order valence-corrected chi connectivity index (χ1v) is 13.4. The number of aryl methyl sites for hydroxylation is 2. The number of para-hydroxylation sites is 2. The molecule has 0 saturated carbocycles. The van der Waals surface area contributed by atoms with Crippen molar-refractivity contribution < 1.29 is 28.8 Å². The van der Waals surface area contributed by atoms with E-state index in [2.05, 4.69) is 21.1 Å². The van der Waals surface area contributed by atoms with Crippen molar-refractivity contribution in [2.24, 2.45) is 5.92 Å². The number of fused-ring (bicyclic) bond motifs is 1. The van der Waals surface area contributed by atoms with Crippen LogP contribution in [-0.4, -0.2) is 76.9 Å². The first-order chi connectivity index (χ1) is 19.6. The molecule has 12 heteroatoms. The number of hydrogen-bond donors (Lipinski definition) is 4. The van der Waals surface area contributed by atoms with E-state index in [1.807, 2.05) is 13.0 Å². The van der Waals surface area contributed by atoms with Gasteiger partial charge in [-0.1, -0.05) is 36.3 Å². The molecule has 1 aliphatic rings. The van der Waals surface area contributed by atoms with Crippen molar-refractivity contribution in [2.45, 2.75) is 39.8 Å². The number of amides is 5. The highest BCUT2D eigenvalue weighted by Gasteiger charge is 2.35. The van der Waals surface area contributed by atoms with Crippen LogP contribution in [0.3, 0.4) is 0 Å². The quantitative estimate of drug-likeness (QED) is 0.334. The average Bonchev–Trinajstić information content (AvgIpc) is 3.27. The number of nitrogens with one attached hydrogen (secondary N) is 3. The van der Waals surface area contributed by atoms with E-state index in [1.165, 1.54) is 4.90 Å². The summed E-state index contributed by atoms with van der Waals surface area (Å²) in [5.74, 6) is 0.0995. The van der Waals surface area contributed by atoms with Gasteiger partial charge in [-0.3, -0.25) is 4.79 Å². The van der Waals surface area contributed by atoms with Gasteiger partial charge in [0, 0.05) is 25.2 Å². The molecule has 0 fully saturated rings. The smallest absolute Gasteiger partial charge is 0.323 e. The van der Waals surface area contributed by atoms with Crippen molar-refractivity contribution in [1.82, 2.24) is 15.0 Å². The molecule has 0 saturated heterocycles. The van der Waals surface area contributed by atoms with Crippen LogP contribution in [0.25, 0.3) is 0 Å². The number of ether oxygens (including phenoxy) is 1. The summed E-state index contributed by atoms with van der Waals surface area (Å²) in [6, 6.07) is 12.5. The monoisotopic (exact) mass is 564 g/mol. The molecule has 2 heterocycles. The molecular weight excluding hydrogens is 528 g/mol. The Balaban J connectivity index is 1.63. The molecule has 0 unspecified atom stereocenters. The molecule has 1 aliphatic heterocycles. The molecule has 5 amide bonds. The van der Waals surface area contributed by atoms with Gasteiger partial charge in [-0.2, -0.15) is 0 Å². The van der Waals surface area contributed by atoms with Crippen LogP contribution in [0.5, 0.6) is 5.75 Å². The van der Waals surface area contributed by atoms with Crippen LogP contribution in [0.1, 0.15) is 35.7 Å². The van der Waals surface area contributed by atoms with Gasteiger partial charge in [0.25, 0.3) is 5.91 Å². The number of urea groups is 2. The molecule has 0 bridgehead atoms. The van der Waals surface area contributed by atoms with E-state index in [0.717, 1.165) is 0 Å². The second-order valence-electron chi connectivity index (χ2n) is 10.3. The summed E-state index contributed by atoms with van der Waals surface area (Å²) in [5, 5.41) is 22.2.